The quantitative estimate of drug-likeness (QED) is 0.456. The molecule has 13 heavy (non-hydrogen) atoms. The number of primary amides is 1. The number of carbonyl (C=O) groups is 2. The third-order valence-corrected chi connectivity index (χ3v) is 1.94. The standard InChI is InChI=1S/C7H14N4O2/c8-6(12)9-10-7(13)11-4-2-1-3-5-11/h1-5H2,(H,10,13)(H3,8,9,12). The van der Waals surface area contributed by atoms with Crippen LogP contribution in [0, 0.1) is 0 Å². The molecule has 0 aromatic carbocycles. The van der Waals surface area contributed by atoms with E-state index in [1.165, 1.54) is 0 Å². The number of nitrogens with one attached hydrogen (secondary N) is 2. The molecule has 0 atom stereocenters. The van der Waals surface area contributed by atoms with Crippen molar-refractivity contribution >= 4 is 12.1 Å². The van der Waals surface area contributed by atoms with Gasteiger partial charge >= 0.3 is 12.1 Å². The topological polar surface area (TPSA) is 87.5 Å². The summed E-state index contributed by atoms with van der Waals surface area (Å²) >= 11 is 0. The van der Waals surface area contributed by atoms with Crippen LogP contribution in [0.4, 0.5) is 9.59 Å². The Kier molecular flexibility index (Phi) is 3.36. The number of urea groups is 2. The lowest BCUT2D eigenvalue weighted by Gasteiger charge is -2.26. The molecule has 0 aromatic rings. The van der Waals surface area contributed by atoms with Crippen LogP contribution in [0.3, 0.4) is 0 Å². The molecule has 1 saturated heterocycles. The van der Waals surface area contributed by atoms with Gasteiger partial charge in [0.25, 0.3) is 0 Å². The summed E-state index contributed by atoms with van der Waals surface area (Å²) in [5.74, 6) is 0. The SMILES string of the molecule is NC(=O)NNC(=O)N1CCCCC1. The smallest absolute Gasteiger partial charge is 0.336 e. The van der Waals surface area contributed by atoms with Gasteiger partial charge in [0.1, 0.15) is 0 Å². The van der Waals surface area contributed by atoms with Gasteiger partial charge in [-0.1, -0.05) is 0 Å². The average molecular weight is 186 g/mol. The van der Waals surface area contributed by atoms with E-state index in [2.05, 4.69) is 5.43 Å². The Morgan fingerprint density at radius 3 is 2.23 bits per heavy atom. The van der Waals surface area contributed by atoms with Crippen molar-refractivity contribution < 1.29 is 9.59 Å². The fourth-order valence-corrected chi connectivity index (χ4v) is 1.29. The number of rotatable bonds is 0. The van der Waals surface area contributed by atoms with Gasteiger partial charge in [-0.05, 0) is 19.3 Å². The van der Waals surface area contributed by atoms with Crippen molar-refractivity contribution in [1.29, 1.82) is 0 Å². The maximum atomic E-state index is 11.2. The maximum absolute atomic E-state index is 11.2. The molecule has 0 spiro atoms. The number of likely N-dealkylation sites (tertiary alicyclic amines) is 1. The molecule has 0 bridgehead atoms. The number of amides is 4. The van der Waals surface area contributed by atoms with E-state index >= 15 is 0 Å². The Balaban J connectivity index is 2.25. The number of hydrazine groups is 1. The van der Waals surface area contributed by atoms with Gasteiger partial charge in [-0.2, -0.15) is 0 Å². The molecule has 0 aliphatic carbocycles. The summed E-state index contributed by atoms with van der Waals surface area (Å²) in [7, 11) is 0. The number of nitrogens with two attached hydrogens (primary N) is 1. The predicted octanol–water partition coefficient (Wildman–Crippen LogP) is -0.235. The van der Waals surface area contributed by atoms with E-state index in [1.807, 2.05) is 5.43 Å². The Bertz CT molecular complexity index is 201. The number of hydrogen-bond acceptors (Lipinski definition) is 2. The van der Waals surface area contributed by atoms with Crippen LogP contribution in [0.15, 0.2) is 0 Å². The van der Waals surface area contributed by atoms with Crippen LogP contribution in [-0.4, -0.2) is 30.1 Å². The van der Waals surface area contributed by atoms with Gasteiger partial charge in [0.15, 0.2) is 0 Å². The molecule has 6 nitrogen and oxygen atoms in total. The molecular formula is C7H14N4O2. The predicted molar refractivity (Wildman–Crippen MR) is 46.7 cm³/mol. The molecule has 0 saturated carbocycles. The van der Waals surface area contributed by atoms with Crippen LogP contribution in [0.5, 0.6) is 0 Å². The van der Waals surface area contributed by atoms with Gasteiger partial charge in [-0.25, -0.2) is 20.4 Å². The molecular weight excluding hydrogens is 172 g/mol. The second-order valence-electron chi connectivity index (χ2n) is 2.97. The molecule has 4 N–H and O–H groups in total. The lowest BCUT2D eigenvalue weighted by molar-refractivity contribution is 0.181. The monoisotopic (exact) mass is 186 g/mol. The first kappa shape index (κ1) is 9.63. The Hall–Kier alpha value is -1.46. The van der Waals surface area contributed by atoms with Gasteiger partial charge in [0.2, 0.25) is 0 Å². The van der Waals surface area contributed by atoms with Gasteiger partial charge in [0.05, 0.1) is 0 Å². The van der Waals surface area contributed by atoms with Gasteiger partial charge in [0, 0.05) is 13.1 Å². The maximum Gasteiger partial charge on any atom is 0.336 e. The van der Waals surface area contributed by atoms with Gasteiger partial charge in [-0.3, -0.25) is 0 Å². The normalized spacial score (nSPS) is 16.5. The second-order valence-corrected chi connectivity index (χ2v) is 2.97. The van der Waals surface area contributed by atoms with E-state index in [0.29, 0.717) is 0 Å². The molecule has 0 unspecified atom stereocenters. The lowest BCUT2D eigenvalue weighted by Crippen LogP contribution is -2.51. The van der Waals surface area contributed by atoms with Crippen LogP contribution in [0.1, 0.15) is 19.3 Å². The number of hydrogen-bond donors (Lipinski definition) is 3. The second kappa shape index (κ2) is 4.54. The zero-order valence-corrected chi connectivity index (χ0v) is 7.38. The highest BCUT2D eigenvalue weighted by atomic mass is 16.2. The third-order valence-electron chi connectivity index (χ3n) is 1.94. The summed E-state index contributed by atoms with van der Waals surface area (Å²) in [4.78, 5) is 23.2. The first-order valence-corrected chi connectivity index (χ1v) is 4.30. The summed E-state index contributed by atoms with van der Waals surface area (Å²) in [6, 6.07) is -1.05. The molecule has 74 valence electrons. The highest BCUT2D eigenvalue weighted by molar-refractivity contribution is 5.79. The minimum Gasteiger partial charge on any atom is -0.350 e. The van der Waals surface area contributed by atoms with E-state index in [1.54, 1.807) is 4.90 Å². The largest absolute Gasteiger partial charge is 0.350 e. The summed E-state index contributed by atoms with van der Waals surface area (Å²) < 4.78 is 0. The van der Waals surface area contributed by atoms with Crippen molar-refractivity contribution in [3.63, 3.8) is 0 Å². The Morgan fingerprint density at radius 1 is 1.08 bits per heavy atom. The van der Waals surface area contributed by atoms with Crippen molar-refractivity contribution in [2.24, 2.45) is 5.73 Å². The zero-order chi connectivity index (χ0) is 9.68. The van der Waals surface area contributed by atoms with Crippen LogP contribution >= 0.6 is 0 Å². The van der Waals surface area contributed by atoms with Crippen molar-refractivity contribution in [2.45, 2.75) is 19.3 Å². The summed E-state index contributed by atoms with van der Waals surface area (Å²) in [6.07, 6.45) is 3.20. The van der Waals surface area contributed by atoms with Crippen molar-refractivity contribution in [1.82, 2.24) is 15.8 Å². The van der Waals surface area contributed by atoms with Crippen LogP contribution in [0.2, 0.25) is 0 Å². The Labute approximate surface area is 76.4 Å². The molecule has 1 fully saturated rings. The first-order chi connectivity index (χ1) is 6.20. The van der Waals surface area contributed by atoms with Crippen LogP contribution in [-0.2, 0) is 0 Å². The van der Waals surface area contributed by atoms with Crippen molar-refractivity contribution in [2.75, 3.05) is 13.1 Å². The first-order valence-electron chi connectivity index (χ1n) is 4.30. The minimum absolute atomic E-state index is 0.293. The van der Waals surface area contributed by atoms with E-state index in [-0.39, 0.29) is 6.03 Å². The molecule has 0 aromatic heterocycles. The molecule has 4 amide bonds. The van der Waals surface area contributed by atoms with Crippen molar-refractivity contribution in [3.8, 4) is 0 Å². The Morgan fingerprint density at radius 2 is 1.69 bits per heavy atom. The number of carbonyl (C=O) groups excluding carboxylic acids is 2. The third kappa shape index (κ3) is 3.18. The fourth-order valence-electron chi connectivity index (χ4n) is 1.29. The van der Waals surface area contributed by atoms with Crippen LogP contribution < -0.4 is 16.6 Å². The lowest BCUT2D eigenvalue weighted by atomic mass is 10.1. The van der Waals surface area contributed by atoms with Crippen LogP contribution in [0.25, 0.3) is 0 Å². The summed E-state index contributed by atoms with van der Waals surface area (Å²) in [6.45, 7) is 1.48. The average Bonchev–Trinajstić information content (AvgIpc) is 2.15. The highest BCUT2D eigenvalue weighted by Gasteiger charge is 2.15. The van der Waals surface area contributed by atoms with E-state index in [4.69, 9.17) is 5.73 Å². The summed E-state index contributed by atoms with van der Waals surface area (Å²) in [5.41, 5.74) is 9.04. The highest BCUT2D eigenvalue weighted by Crippen LogP contribution is 2.07. The molecule has 1 aliphatic rings. The molecule has 1 rings (SSSR count). The van der Waals surface area contributed by atoms with Gasteiger partial charge in [-0.15, -0.1) is 0 Å². The van der Waals surface area contributed by atoms with E-state index < -0.39 is 6.03 Å². The fraction of sp³-hybridized carbons (Fsp3) is 0.714. The van der Waals surface area contributed by atoms with E-state index in [9.17, 15) is 9.59 Å². The molecule has 1 aliphatic heterocycles. The number of piperidine rings is 1. The molecule has 6 heteroatoms. The molecule has 1 heterocycles. The van der Waals surface area contributed by atoms with E-state index in [0.717, 1.165) is 32.4 Å². The minimum atomic E-state index is -0.759. The molecule has 0 radical (unpaired) electrons. The van der Waals surface area contributed by atoms with Crippen molar-refractivity contribution in [3.05, 3.63) is 0 Å². The number of nitrogens with zero attached hydrogens (tertiary/aromatic N) is 1. The summed E-state index contributed by atoms with van der Waals surface area (Å²) in [5, 5.41) is 0. The zero-order valence-electron chi connectivity index (χ0n) is 7.38. The van der Waals surface area contributed by atoms with Gasteiger partial charge < -0.3 is 10.6 Å².